The number of halogens is 2. The Morgan fingerprint density at radius 1 is 1.11 bits per heavy atom. The summed E-state index contributed by atoms with van der Waals surface area (Å²) in [6.45, 7) is 3.92. The van der Waals surface area contributed by atoms with Crippen LogP contribution in [-0.2, 0) is 14.8 Å². The van der Waals surface area contributed by atoms with Crippen molar-refractivity contribution in [3.63, 3.8) is 0 Å². The minimum absolute atomic E-state index is 0.0806. The molecule has 0 saturated carbocycles. The van der Waals surface area contributed by atoms with Gasteiger partial charge in [-0.3, -0.25) is 4.79 Å². The first-order valence-electron chi connectivity index (χ1n) is 8.80. The second-order valence-corrected chi connectivity index (χ2v) is 8.78. The van der Waals surface area contributed by atoms with Gasteiger partial charge in [-0.15, -0.1) is 0 Å². The largest absolute Gasteiger partial charge is 0.368 e. The number of anilines is 1. The Balaban J connectivity index is 1.55. The van der Waals surface area contributed by atoms with E-state index >= 15 is 0 Å². The number of sulfonamides is 1. The van der Waals surface area contributed by atoms with Crippen LogP contribution in [0.4, 0.5) is 10.1 Å². The summed E-state index contributed by atoms with van der Waals surface area (Å²) < 4.78 is 39.6. The molecule has 0 spiro atoms. The van der Waals surface area contributed by atoms with E-state index in [-0.39, 0.29) is 17.3 Å². The summed E-state index contributed by atoms with van der Waals surface area (Å²) in [6, 6.07) is 10.2. The maximum absolute atomic E-state index is 12.9. The fourth-order valence-corrected chi connectivity index (χ4v) is 4.23. The van der Waals surface area contributed by atoms with Crippen LogP contribution in [0.1, 0.15) is 5.56 Å². The van der Waals surface area contributed by atoms with Gasteiger partial charge in [0.15, 0.2) is 0 Å². The van der Waals surface area contributed by atoms with Crippen molar-refractivity contribution < 1.29 is 17.6 Å². The number of amides is 1. The molecule has 1 amide bonds. The Hall–Kier alpha value is -2.16. The van der Waals surface area contributed by atoms with Crippen LogP contribution in [0.25, 0.3) is 0 Å². The lowest BCUT2D eigenvalue weighted by Crippen LogP contribution is -2.51. The third-order valence-corrected chi connectivity index (χ3v) is 6.33. The molecule has 0 radical (unpaired) electrons. The molecule has 1 heterocycles. The zero-order valence-corrected chi connectivity index (χ0v) is 16.9. The predicted molar refractivity (Wildman–Crippen MR) is 107 cm³/mol. The van der Waals surface area contributed by atoms with Gasteiger partial charge in [-0.2, -0.15) is 0 Å². The lowest BCUT2D eigenvalue weighted by molar-refractivity contribution is -0.130. The average Bonchev–Trinajstić information content (AvgIpc) is 2.68. The van der Waals surface area contributed by atoms with Gasteiger partial charge in [0.25, 0.3) is 0 Å². The number of nitrogens with one attached hydrogen (secondary N) is 1. The number of aryl methyl sites for hydroxylation is 1. The molecular formula is C19H21ClFN3O3S. The van der Waals surface area contributed by atoms with Crippen LogP contribution in [0, 0.1) is 12.7 Å². The van der Waals surface area contributed by atoms with Crippen molar-refractivity contribution in [1.82, 2.24) is 9.62 Å². The second-order valence-electron chi connectivity index (χ2n) is 6.58. The molecule has 0 unspecified atom stereocenters. The van der Waals surface area contributed by atoms with Crippen molar-refractivity contribution in [3.05, 3.63) is 58.9 Å². The summed E-state index contributed by atoms with van der Waals surface area (Å²) in [7, 11) is -3.86. The number of carbonyl (C=O) groups excluding carboxylic acids is 1. The Bertz CT molecular complexity index is 959. The van der Waals surface area contributed by atoms with Crippen LogP contribution in [0.3, 0.4) is 0 Å². The van der Waals surface area contributed by atoms with Crippen molar-refractivity contribution in [2.24, 2.45) is 0 Å². The molecule has 2 aromatic carbocycles. The van der Waals surface area contributed by atoms with Gasteiger partial charge in [-0.1, -0.05) is 17.7 Å². The van der Waals surface area contributed by atoms with E-state index in [9.17, 15) is 17.6 Å². The highest BCUT2D eigenvalue weighted by atomic mass is 35.5. The van der Waals surface area contributed by atoms with Crippen molar-refractivity contribution in [2.45, 2.75) is 11.8 Å². The third kappa shape index (κ3) is 4.81. The molecule has 3 rings (SSSR count). The van der Waals surface area contributed by atoms with Crippen LogP contribution in [-0.4, -0.2) is 51.9 Å². The molecule has 6 nitrogen and oxygen atoms in total. The van der Waals surface area contributed by atoms with Gasteiger partial charge < -0.3 is 9.80 Å². The van der Waals surface area contributed by atoms with E-state index in [0.717, 1.165) is 35.5 Å². The molecule has 28 heavy (non-hydrogen) atoms. The van der Waals surface area contributed by atoms with E-state index in [1.807, 2.05) is 25.1 Å². The van der Waals surface area contributed by atoms with E-state index in [4.69, 9.17) is 11.6 Å². The van der Waals surface area contributed by atoms with E-state index in [0.29, 0.717) is 31.2 Å². The maximum atomic E-state index is 12.9. The highest BCUT2D eigenvalue weighted by molar-refractivity contribution is 7.89. The number of benzene rings is 2. The molecule has 9 heteroatoms. The first kappa shape index (κ1) is 20.6. The van der Waals surface area contributed by atoms with Gasteiger partial charge in [0.2, 0.25) is 15.9 Å². The summed E-state index contributed by atoms with van der Waals surface area (Å²) >= 11 is 6.08. The average molecular weight is 426 g/mol. The summed E-state index contributed by atoms with van der Waals surface area (Å²) in [5.41, 5.74) is 2.15. The second kappa shape index (κ2) is 8.46. The van der Waals surface area contributed by atoms with Gasteiger partial charge >= 0.3 is 0 Å². The van der Waals surface area contributed by atoms with Gasteiger partial charge in [0.1, 0.15) is 5.82 Å². The molecule has 0 aliphatic carbocycles. The van der Waals surface area contributed by atoms with Crippen LogP contribution in [0.15, 0.2) is 47.4 Å². The quantitative estimate of drug-likeness (QED) is 0.798. The molecule has 1 N–H and O–H groups in total. The number of hydrogen-bond donors (Lipinski definition) is 1. The Morgan fingerprint density at radius 2 is 1.75 bits per heavy atom. The van der Waals surface area contributed by atoms with E-state index in [2.05, 4.69) is 9.62 Å². The summed E-state index contributed by atoms with van der Waals surface area (Å²) in [6.07, 6.45) is 0. The van der Waals surface area contributed by atoms with Gasteiger partial charge in [0, 0.05) is 36.9 Å². The monoisotopic (exact) mass is 425 g/mol. The zero-order valence-electron chi connectivity index (χ0n) is 15.4. The molecule has 1 aliphatic rings. The Morgan fingerprint density at radius 3 is 2.39 bits per heavy atom. The number of hydrogen-bond acceptors (Lipinski definition) is 4. The lowest BCUT2D eigenvalue weighted by atomic mass is 10.1. The first-order valence-corrected chi connectivity index (χ1v) is 10.7. The normalized spacial score (nSPS) is 15.0. The van der Waals surface area contributed by atoms with Crippen LogP contribution in [0.2, 0.25) is 5.02 Å². The van der Waals surface area contributed by atoms with E-state index < -0.39 is 15.8 Å². The molecule has 0 aromatic heterocycles. The number of carbonyl (C=O) groups is 1. The minimum Gasteiger partial charge on any atom is -0.368 e. The maximum Gasteiger partial charge on any atom is 0.241 e. The SMILES string of the molecule is Cc1ccc(Cl)cc1N1CCN(C(=O)CNS(=O)(=O)c2ccc(F)cc2)CC1. The van der Waals surface area contributed by atoms with Gasteiger partial charge in [-0.25, -0.2) is 17.5 Å². The predicted octanol–water partition coefficient (Wildman–Crippen LogP) is 2.41. The van der Waals surface area contributed by atoms with Crippen LogP contribution >= 0.6 is 11.6 Å². The Kier molecular flexibility index (Phi) is 6.22. The fraction of sp³-hybridized carbons (Fsp3) is 0.316. The van der Waals surface area contributed by atoms with Crippen molar-refractivity contribution >= 4 is 33.2 Å². The molecule has 1 fully saturated rings. The van der Waals surface area contributed by atoms with Crippen molar-refractivity contribution in [2.75, 3.05) is 37.6 Å². The van der Waals surface area contributed by atoms with Gasteiger partial charge in [-0.05, 0) is 48.9 Å². The van der Waals surface area contributed by atoms with Crippen molar-refractivity contribution in [3.8, 4) is 0 Å². The van der Waals surface area contributed by atoms with E-state index in [1.54, 1.807) is 4.90 Å². The Labute approximate surface area is 168 Å². The van der Waals surface area contributed by atoms with Crippen LogP contribution < -0.4 is 9.62 Å². The number of rotatable bonds is 5. The third-order valence-electron chi connectivity index (χ3n) is 4.68. The molecule has 0 bridgehead atoms. The molecule has 1 saturated heterocycles. The summed E-state index contributed by atoms with van der Waals surface area (Å²) in [5, 5.41) is 0.661. The standard InChI is InChI=1S/C19H21ClFN3O3S/c1-14-2-3-15(20)12-18(14)23-8-10-24(11-9-23)19(25)13-22-28(26,27)17-6-4-16(21)5-7-17/h2-7,12,22H,8-11,13H2,1H3. The van der Waals surface area contributed by atoms with Crippen LogP contribution in [0.5, 0.6) is 0 Å². The zero-order chi connectivity index (χ0) is 20.3. The number of piperazine rings is 1. The van der Waals surface area contributed by atoms with E-state index in [1.165, 1.54) is 0 Å². The lowest BCUT2D eigenvalue weighted by Gasteiger charge is -2.37. The number of nitrogens with zero attached hydrogens (tertiary/aromatic N) is 2. The van der Waals surface area contributed by atoms with Gasteiger partial charge in [0.05, 0.1) is 11.4 Å². The van der Waals surface area contributed by atoms with Crippen molar-refractivity contribution in [1.29, 1.82) is 0 Å². The smallest absolute Gasteiger partial charge is 0.241 e. The highest BCUT2D eigenvalue weighted by Crippen LogP contribution is 2.25. The topological polar surface area (TPSA) is 69.7 Å². The molecule has 1 aliphatic heterocycles. The minimum atomic E-state index is -3.86. The summed E-state index contributed by atoms with van der Waals surface area (Å²) in [4.78, 5) is 16.1. The summed E-state index contributed by atoms with van der Waals surface area (Å²) in [5.74, 6) is -0.823. The molecule has 150 valence electrons. The fourth-order valence-electron chi connectivity index (χ4n) is 3.09. The highest BCUT2D eigenvalue weighted by Gasteiger charge is 2.24. The molecule has 2 aromatic rings. The molecular weight excluding hydrogens is 405 g/mol. The first-order chi connectivity index (χ1) is 13.3. The molecule has 0 atom stereocenters.